The molecule has 0 saturated carbocycles. The lowest BCUT2D eigenvalue weighted by molar-refractivity contribution is -0.142. The van der Waals surface area contributed by atoms with Crippen LogP contribution in [0.1, 0.15) is 36.9 Å². The predicted molar refractivity (Wildman–Crippen MR) is 106 cm³/mol. The van der Waals surface area contributed by atoms with E-state index in [0.29, 0.717) is 31.1 Å². The Kier molecular flexibility index (Phi) is 6.41. The summed E-state index contributed by atoms with van der Waals surface area (Å²) in [6, 6.07) is 12.4. The van der Waals surface area contributed by atoms with Crippen molar-refractivity contribution >= 4 is 5.97 Å². The average Bonchev–Trinajstić information content (AvgIpc) is 3.19. The summed E-state index contributed by atoms with van der Waals surface area (Å²) in [5.74, 6) is 1.24. The minimum atomic E-state index is -0.815. The first-order chi connectivity index (χ1) is 13.6. The van der Waals surface area contributed by atoms with Crippen molar-refractivity contribution in [1.29, 1.82) is 0 Å². The zero-order valence-electron chi connectivity index (χ0n) is 16.6. The van der Waals surface area contributed by atoms with Crippen LogP contribution in [0.5, 0.6) is 17.2 Å². The van der Waals surface area contributed by atoms with E-state index in [1.54, 1.807) is 14.2 Å². The zero-order chi connectivity index (χ0) is 20.1. The second-order valence-electron chi connectivity index (χ2n) is 6.68. The molecule has 6 nitrogen and oxygen atoms in total. The average molecular weight is 385 g/mol. The lowest BCUT2D eigenvalue weighted by atomic mass is 9.93. The second kappa shape index (κ2) is 8.97. The molecular formula is C22H27NO5. The smallest absolute Gasteiger partial charge is 0.320 e. The summed E-state index contributed by atoms with van der Waals surface area (Å²) in [4.78, 5) is 14.0. The van der Waals surface area contributed by atoms with Gasteiger partial charge in [-0.1, -0.05) is 24.3 Å². The largest absolute Gasteiger partial charge is 0.496 e. The molecule has 0 aromatic heterocycles. The van der Waals surface area contributed by atoms with Crippen molar-refractivity contribution in [1.82, 2.24) is 4.90 Å². The summed E-state index contributed by atoms with van der Waals surface area (Å²) in [6.07, 6.45) is 1.43. The molecule has 1 aliphatic rings. The number of aliphatic carboxylic acids is 1. The third-order valence-electron chi connectivity index (χ3n) is 5.16. The molecule has 150 valence electrons. The molecule has 2 unspecified atom stereocenters. The molecular weight excluding hydrogens is 358 g/mol. The highest BCUT2D eigenvalue weighted by atomic mass is 16.5. The first kappa shape index (κ1) is 20.0. The molecule has 28 heavy (non-hydrogen) atoms. The Balaban J connectivity index is 2.24. The number of ether oxygens (including phenoxy) is 3. The van der Waals surface area contributed by atoms with Crippen LogP contribution in [0.15, 0.2) is 42.5 Å². The molecule has 0 aliphatic carbocycles. The number of carboxylic acids is 1. The van der Waals surface area contributed by atoms with Crippen molar-refractivity contribution in [3.63, 3.8) is 0 Å². The third-order valence-corrected chi connectivity index (χ3v) is 5.16. The number of hydrogen-bond acceptors (Lipinski definition) is 5. The van der Waals surface area contributed by atoms with E-state index >= 15 is 0 Å². The molecule has 2 aromatic rings. The number of benzene rings is 2. The minimum absolute atomic E-state index is 0.363. The van der Waals surface area contributed by atoms with Crippen LogP contribution in [-0.2, 0) is 4.79 Å². The topological polar surface area (TPSA) is 68.2 Å². The number of methoxy groups -OCH3 is 2. The molecule has 2 atom stereocenters. The molecule has 0 bridgehead atoms. The van der Waals surface area contributed by atoms with E-state index in [-0.39, 0.29) is 6.04 Å². The molecule has 1 fully saturated rings. The lowest BCUT2D eigenvalue weighted by Crippen LogP contribution is -2.39. The van der Waals surface area contributed by atoms with Gasteiger partial charge in [-0.3, -0.25) is 9.69 Å². The van der Waals surface area contributed by atoms with Gasteiger partial charge in [0.2, 0.25) is 0 Å². The monoisotopic (exact) mass is 385 g/mol. The van der Waals surface area contributed by atoms with Crippen LogP contribution in [0, 0.1) is 0 Å². The van der Waals surface area contributed by atoms with Gasteiger partial charge in [0.15, 0.2) is 0 Å². The van der Waals surface area contributed by atoms with Crippen molar-refractivity contribution in [2.45, 2.75) is 31.8 Å². The van der Waals surface area contributed by atoms with E-state index in [1.165, 1.54) is 0 Å². The van der Waals surface area contributed by atoms with Crippen molar-refractivity contribution in [3.05, 3.63) is 53.6 Å². The number of nitrogens with zero attached hydrogens (tertiary/aromatic N) is 1. The fraction of sp³-hybridized carbons (Fsp3) is 0.409. The molecule has 0 spiro atoms. The van der Waals surface area contributed by atoms with Gasteiger partial charge in [-0.25, -0.2) is 0 Å². The van der Waals surface area contributed by atoms with Crippen LogP contribution in [-0.4, -0.2) is 49.4 Å². The van der Waals surface area contributed by atoms with Gasteiger partial charge in [0.05, 0.1) is 32.4 Å². The highest BCUT2D eigenvalue weighted by Crippen LogP contribution is 2.45. The van der Waals surface area contributed by atoms with Crippen molar-refractivity contribution in [2.24, 2.45) is 0 Å². The Morgan fingerprint density at radius 2 is 1.75 bits per heavy atom. The highest BCUT2D eigenvalue weighted by molar-refractivity contribution is 5.74. The molecule has 2 aromatic carbocycles. The highest BCUT2D eigenvalue weighted by Gasteiger charge is 2.40. The molecule has 1 saturated heterocycles. The summed E-state index contributed by atoms with van der Waals surface area (Å²) in [6.45, 7) is 3.13. The van der Waals surface area contributed by atoms with Crippen molar-refractivity contribution in [2.75, 3.05) is 27.4 Å². The third kappa shape index (κ3) is 3.78. The number of likely N-dealkylation sites (tertiary alicyclic amines) is 1. The van der Waals surface area contributed by atoms with E-state index in [1.807, 2.05) is 54.3 Å². The maximum atomic E-state index is 12.0. The molecule has 0 amide bonds. The standard InChI is InChI=1S/C22H27NO5/c1-4-28-17-11-6-5-9-15(17)21(23-14-8-10-16(23)22(24)25)20-18(26-2)12-7-13-19(20)27-3/h5-7,9,11-13,16,21H,4,8,10,14H2,1-3H3,(H,24,25). The first-order valence-electron chi connectivity index (χ1n) is 9.53. The molecule has 1 aliphatic heterocycles. The van der Waals surface area contributed by atoms with Crippen LogP contribution in [0.2, 0.25) is 0 Å². The second-order valence-corrected chi connectivity index (χ2v) is 6.68. The molecule has 3 rings (SSSR count). The quantitative estimate of drug-likeness (QED) is 0.747. The Bertz CT molecular complexity index is 800. The van der Waals surface area contributed by atoms with Gasteiger partial charge in [-0.05, 0) is 38.0 Å². The molecule has 6 heteroatoms. The van der Waals surface area contributed by atoms with E-state index in [0.717, 1.165) is 23.3 Å². The Morgan fingerprint density at radius 3 is 2.36 bits per heavy atom. The van der Waals surface area contributed by atoms with Crippen LogP contribution >= 0.6 is 0 Å². The summed E-state index contributed by atoms with van der Waals surface area (Å²) in [5.41, 5.74) is 1.72. The van der Waals surface area contributed by atoms with Gasteiger partial charge in [-0.2, -0.15) is 0 Å². The number of rotatable bonds is 8. The van der Waals surface area contributed by atoms with Gasteiger partial charge in [0.25, 0.3) is 0 Å². The van der Waals surface area contributed by atoms with Crippen LogP contribution in [0.4, 0.5) is 0 Å². The van der Waals surface area contributed by atoms with Gasteiger partial charge in [0.1, 0.15) is 23.3 Å². The summed E-state index contributed by atoms with van der Waals surface area (Å²) >= 11 is 0. The Labute approximate surface area is 165 Å². The van der Waals surface area contributed by atoms with Crippen LogP contribution in [0.3, 0.4) is 0 Å². The first-order valence-corrected chi connectivity index (χ1v) is 9.53. The summed E-state index contributed by atoms with van der Waals surface area (Å²) in [7, 11) is 3.23. The van der Waals surface area contributed by atoms with E-state index in [9.17, 15) is 9.90 Å². The molecule has 0 radical (unpaired) electrons. The van der Waals surface area contributed by atoms with E-state index in [2.05, 4.69) is 0 Å². The van der Waals surface area contributed by atoms with Crippen LogP contribution in [0.25, 0.3) is 0 Å². The minimum Gasteiger partial charge on any atom is -0.496 e. The molecule has 1 heterocycles. The maximum Gasteiger partial charge on any atom is 0.320 e. The van der Waals surface area contributed by atoms with Gasteiger partial charge in [-0.15, -0.1) is 0 Å². The van der Waals surface area contributed by atoms with Gasteiger partial charge in [0, 0.05) is 12.1 Å². The maximum absolute atomic E-state index is 12.0. The van der Waals surface area contributed by atoms with Crippen LogP contribution < -0.4 is 14.2 Å². The predicted octanol–water partition coefficient (Wildman–Crippen LogP) is 3.74. The van der Waals surface area contributed by atoms with E-state index in [4.69, 9.17) is 14.2 Å². The normalized spacial score (nSPS) is 17.9. The number of carboxylic acid groups (broad SMARTS) is 1. The molecule has 1 N–H and O–H groups in total. The van der Waals surface area contributed by atoms with Crippen molar-refractivity contribution < 1.29 is 24.1 Å². The fourth-order valence-corrected chi connectivity index (χ4v) is 4.01. The van der Waals surface area contributed by atoms with E-state index < -0.39 is 12.0 Å². The Morgan fingerprint density at radius 1 is 1.11 bits per heavy atom. The number of carbonyl (C=O) groups is 1. The summed E-state index contributed by atoms with van der Waals surface area (Å²) in [5, 5.41) is 9.82. The van der Waals surface area contributed by atoms with Gasteiger partial charge < -0.3 is 19.3 Å². The fourth-order valence-electron chi connectivity index (χ4n) is 4.01. The Hall–Kier alpha value is -2.73. The van der Waals surface area contributed by atoms with Gasteiger partial charge >= 0.3 is 5.97 Å². The summed E-state index contributed by atoms with van der Waals surface area (Å²) < 4.78 is 17.2. The SMILES string of the molecule is CCOc1ccccc1C(c1c(OC)cccc1OC)N1CCCC1C(=O)O. The lowest BCUT2D eigenvalue weighted by Gasteiger charge is -2.34. The van der Waals surface area contributed by atoms with Crippen molar-refractivity contribution in [3.8, 4) is 17.2 Å². The number of hydrogen-bond donors (Lipinski definition) is 1. The zero-order valence-corrected chi connectivity index (χ0v) is 16.6. The number of para-hydroxylation sites is 1.